The van der Waals surface area contributed by atoms with E-state index in [1.165, 1.54) is 0 Å². The summed E-state index contributed by atoms with van der Waals surface area (Å²) in [5, 5.41) is 12.1. The molecule has 0 aromatic heterocycles. The van der Waals surface area contributed by atoms with Gasteiger partial charge in [0.05, 0.1) is 18.5 Å². The summed E-state index contributed by atoms with van der Waals surface area (Å²) >= 11 is 5.94. The summed E-state index contributed by atoms with van der Waals surface area (Å²) in [4.78, 5) is 11.9. The summed E-state index contributed by atoms with van der Waals surface area (Å²) in [5.41, 5.74) is 1.85. The van der Waals surface area contributed by atoms with Crippen LogP contribution in [0.15, 0.2) is 48.5 Å². The molecule has 1 N–H and O–H groups in total. The second kappa shape index (κ2) is 8.21. The summed E-state index contributed by atoms with van der Waals surface area (Å²) < 4.78 is 5.44. The first kappa shape index (κ1) is 16.9. The van der Waals surface area contributed by atoms with E-state index >= 15 is 0 Å². The van der Waals surface area contributed by atoms with Gasteiger partial charge in [-0.05, 0) is 42.3 Å². The van der Waals surface area contributed by atoms with E-state index in [0.29, 0.717) is 17.2 Å². The molecule has 0 bridgehead atoms. The highest BCUT2D eigenvalue weighted by Crippen LogP contribution is 2.17. The fourth-order valence-electron chi connectivity index (χ4n) is 2.09. The van der Waals surface area contributed by atoms with Crippen LogP contribution in [-0.4, -0.2) is 12.5 Å². The Morgan fingerprint density at radius 3 is 2.70 bits per heavy atom. The monoisotopic (exact) mass is 328 g/mol. The van der Waals surface area contributed by atoms with Crippen LogP contribution in [-0.2, 0) is 11.2 Å². The number of nitrogens with zero attached hydrogens (tertiary/aromatic N) is 1. The number of carbonyl (C=O) groups is 1. The Hall–Kier alpha value is -2.51. The highest BCUT2D eigenvalue weighted by atomic mass is 35.5. The van der Waals surface area contributed by atoms with Crippen molar-refractivity contribution in [2.45, 2.75) is 19.4 Å². The quantitative estimate of drug-likeness (QED) is 0.880. The lowest BCUT2D eigenvalue weighted by molar-refractivity contribution is -0.123. The second-order valence-corrected chi connectivity index (χ2v) is 5.55. The normalized spacial score (nSPS) is 11.3. The topological polar surface area (TPSA) is 62.1 Å². The summed E-state index contributed by atoms with van der Waals surface area (Å²) in [5.74, 6) is 0.385. The molecular formula is C18H17ClN2O2. The van der Waals surface area contributed by atoms with E-state index in [1.807, 2.05) is 37.3 Å². The molecule has 2 rings (SSSR count). The molecule has 0 saturated heterocycles. The smallest absolute Gasteiger partial charge is 0.258 e. The molecule has 0 heterocycles. The minimum atomic E-state index is -0.210. The molecule has 118 valence electrons. The summed E-state index contributed by atoms with van der Waals surface area (Å²) in [6.45, 7) is 1.82. The third kappa shape index (κ3) is 5.32. The SMILES string of the molecule is CC(NC(=O)COc1ccc(CC#N)cc1)c1cccc(Cl)c1. The number of rotatable bonds is 6. The van der Waals surface area contributed by atoms with Crippen LogP contribution in [0.25, 0.3) is 0 Å². The zero-order chi connectivity index (χ0) is 16.7. The van der Waals surface area contributed by atoms with Crippen LogP contribution in [0.5, 0.6) is 5.75 Å². The van der Waals surface area contributed by atoms with E-state index in [4.69, 9.17) is 21.6 Å². The number of benzene rings is 2. The van der Waals surface area contributed by atoms with Gasteiger partial charge in [0.1, 0.15) is 5.75 Å². The van der Waals surface area contributed by atoms with Crippen molar-refractivity contribution in [1.82, 2.24) is 5.32 Å². The van der Waals surface area contributed by atoms with Crippen molar-refractivity contribution >= 4 is 17.5 Å². The number of hydrogen-bond acceptors (Lipinski definition) is 3. The predicted molar refractivity (Wildman–Crippen MR) is 89.3 cm³/mol. The van der Waals surface area contributed by atoms with Crippen molar-refractivity contribution in [3.63, 3.8) is 0 Å². The third-order valence-electron chi connectivity index (χ3n) is 3.30. The van der Waals surface area contributed by atoms with Gasteiger partial charge < -0.3 is 10.1 Å². The standard InChI is InChI=1S/C18H17ClN2O2/c1-13(15-3-2-4-16(19)11-15)21-18(22)12-23-17-7-5-14(6-8-17)9-10-20/h2-8,11,13H,9,12H2,1H3,(H,21,22). The highest BCUT2D eigenvalue weighted by Gasteiger charge is 2.10. The van der Waals surface area contributed by atoms with Crippen LogP contribution >= 0.6 is 11.6 Å². The lowest BCUT2D eigenvalue weighted by atomic mass is 10.1. The number of hydrogen-bond donors (Lipinski definition) is 1. The predicted octanol–water partition coefficient (Wildman–Crippen LogP) is 3.66. The van der Waals surface area contributed by atoms with Gasteiger partial charge in [0.25, 0.3) is 5.91 Å². The van der Waals surface area contributed by atoms with Crippen molar-refractivity contribution in [2.75, 3.05) is 6.61 Å². The van der Waals surface area contributed by atoms with E-state index < -0.39 is 0 Å². The molecular weight excluding hydrogens is 312 g/mol. The first-order chi connectivity index (χ1) is 11.1. The Labute approximate surface area is 140 Å². The first-order valence-corrected chi connectivity index (χ1v) is 7.60. The number of halogens is 1. The molecule has 23 heavy (non-hydrogen) atoms. The van der Waals surface area contributed by atoms with Gasteiger partial charge in [-0.3, -0.25) is 4.79 Å². The molecule has 0 radical (unpaired) electrons. The number of nitrogens with one attached hydrogen (secondary N) is 1. The summed E-state index contributed by atoms with van der Waals surface area (Å²) in [6.07, 6.45) is 0.359. The van der Waals surface area contributed by atoms with Gasteiger partial charge in [-0.15, -0.1) is 0 Å². The number of nitriles is 1. The Kier molecular flexibility index (Phi) is 6.02. The van der Waals surface area contributed by atoms with Crippen LogP contribution in [0.4, 0.5) is 0 Å². The number of ether oxygens (including phenoxy) is 1. The van der Waals surface area contributed by atoms with Gasteiger partial charge >= 0.3 is 0 Å². The van der Waals surface area contributed by atoms with E-state index in [0.717, 1.165) is 11.1 Å². The van der Waals surface area contributed by atoms with Crippen molar-refractivity contribution in [2.24, 2.45) is 0 Å². The van der Waals surface area contributed by atoms with Crippen molar-refractivity contribution in [3.05, 3.63) is 64.7 Å². The lowest BCUT2D eigenvalue weighted by Crippen LogP contribution is -2.31. The largest absolute Gasteiger partial charge is 0.484 e. The fraction of sp³-hybridized carbons (Fsp3) is 0.222. The fourth-order valence-corrected chi connectivity index (χ4v) is 2.28. The third-order valence-corrected chi connectivity index (χ3v) is 3.54. The lowest BCUT2D eigenvalue weighted by Gasteiger charge is -2.15. The van der Waals surface area contributed by atoms with Crippen LogP contribution in [0.3, 0.4) is 0 Å². The molecule has 1 unspecified atom stereocenters. The van der Waals surface area contributed by atoms with Gasteiger partial charge in [-0.1, -0.05) is 35.9 Å². The highest BCUT2D eigenvalue weighted by molar-refractivity contribution is 6.30. The molecule has 5 heteroatoms. The minimum Gasteiger partial charge on any atom is -0.484 e. The molecule has 1 atom stereocenters. The van der Waals surface area contributed by atoms with Gasteiger partial charge in [0.2, 0.25) is 0 Å². The molecule has 0 aliphatic rings. The summed E-state index contributed by atoms with van der Waals surface area (Å²) in [6, 6.07) is 16.4. The first-order valence-electron chi connectivity index (χ1n) is 7.22. The van der Waals surface area contributed by atoms with Crippen molar-refractivity contribution in [3.8, 4) is 11.8 Å². The van der Waals surface area contributed by atoms with E-state index in [2.05, 4.69) is 11.4 Å². The maximum atomic E-state index is 11.9. The Balaban J connectivity index is 1.84. The molecule has 2 aromatic carbocycles. The Morgan fingerprint density at radius 1 is 1.30 bits per heavy atom. The molecule has 0 saturated carbocycles. The minimum absolute atomic E-state index is 0.0670. The summed E-state index contributed by atoms with van der Waals surface area (Å²) in [7, 11) is 0. The number of carbonyl (C=O) groups excluding carboxylic acids is 1. The van der Waals surface area contributed by atoms with E-state index in [-0.39, 0.29) is 18.6 Å². The van der Waals surface area contributed by atoms with Crippen molar-refractivity contribution < 1.29 is 9.53 Å². The van der Waals surface area contributed by atoms with Gasteiger partial charge in [-0.2, -0.15) is 5.26 Å². The zero-order valence-corrected chi connectivity index (χ0v) is 13.5. The van der Waals surface area contributed by atoms with Crippen LogP contribution in [0.1, 0.15) is 24.1 Å². The average Bonchev–Trinajstić information content (AvgIpc) is 2.54. The van der Waals surface area contributed by atoms with Gasteiger partial charge in [-0.25, -0.2) is 0 Å². The van der Waals surface area contributed by atoms with E-state index in [9.17, 15) is 4.79 Å². The second-order valence-electron chi connectivity index (χ2n) is 5.11. The molecule has 0 aliphatic heterocycles. The van der Waals surface area contributed by atoms with Crippen molar-refractivity contribution in [1.29, 1.82) is 5.26 Å². The zero-order valence-electron chi connectivity index (χ0n) is 12.8. The molecule has 1 amide bonds. The van der Waals surface area contributed by atoms with Crippen LogP contribution in [0.2, 0.25) is 5.02 Å². The maximum Gasteiger partial charge on any atom is 0.258 e. The maximum absolute atomic E-state index is 11.9. The number of amides is 1. The molecule has 2 aromatic rings. The average molecular weight is 329 g/mol. The Morgan fingerprint density at radius 2 is 2.04 bits per heavy atom. The molecule has 0 spiro atoms. The van der Waals surface area contributed by atoms with Crippen LogP contribution < -0.4 is 10.1 Å². The van der Waals surface area contributed by atoms with Gasteiger partial charge in [0.15, 0.2) is 6.61 Å². The molecule has 4 nitrogen and oxygen atoms in total. The molecule has 0 aliphatic carbocycles. The Bertz CT molecular complexity index is 708. The molecule has 0 fully saturated rings. The van der Waals surface area contributed by atoms with Crippen LogP contribution in [0, 0.1) is 11.3 Å². The van der Waals surface area contributed by atoms with Gasteiger partial charge in [0, 0.05) is 5.02 Å². The van der Waals surface area contributed by atoms with E-state index in [1.54, 1.807) is 18.2 Å².